The third-order valence-corrected chi connectivity index (χ3v) is 2.33. The van der Waals surface area contributed by atoms with Crippen LogP contribution in [0.1, 0.15) is 33.1 Å². The van der Waals surface area contributed by atoms with Crippen LogP contribution in [-0.2, 0) is 14.3 Å². The molecular weight excluding hydrogens is 210 g/mol. The molecule has 0 aromatic heterocycles. The number of nitrogens with one attached hydrogen (secondary N) is 1. The molecule has 0 aliphatic carbocycles. The molecule has 2 atom stereocenters. The minimum Gasteiger partial charge on any atom is -0.480 e. The molecule has 16 heavy (non-hydrogen) atoms. The second-order valence-electron chi connectivity index (χ2n) is 3.90. The molecule has 0 aliphatic rings. The lowest BCUT2D eigenvalue weighted by molar-refractivity contribution is -0.142. The van der Waals surface area contributed by atoms with Crippen LogP contribution in [0, 0.1) is 5.92 Å². The van der Waals surface area contributed by atoms with Crippen LogP contribution in [0.2, 0.25) is 0 Å². The van der Waals surface area contributed by atoms with Crippen molar-refractivity contribution in [3.63, 3.8) is 0 Å². The van der Waals surface area contributed by atoms with Gasteiger partial charge in [-0.05, 0) is 6.42 Å². The van der Waals surface area contributed by atoms with Gasteiger partial charge in [-0.25, -0.2) is 4.79 Å². The summed E-state index contributed by atoms with van der Waals surface area (Å²) in [5.74, 6) is -1.58. The van der Waals surface area contributed by atoms with Gasteiger partial charge in [-0.1, -0.05) is 26.7 Å². The first-order chi connectivity index (χ1) is 7.52. The summed E-state index contributed by atoms with van der Waals surface area (Å²) in [6.07, 6.45) is 2.17. The van der Waals surface area contributed by atoms with E-state index in [1.165, 1.54) is 7.11 Å². The van der Waals surface area contributed by atoms with E-state index in [0.717, 1.165) is 12.8 Å². The predicted octanol–water partition coefficient (Wildman–Crippen LogP) is 1.03. The molecule has 0 saturated carbocycles. The van der Waals surface area contributed by atoms with Crippen LogP contribution in [0.25, 0.3) is 0 Å². The first-order valence-electron chi connectivity index (χ1n) is 5.55. The Balaban J connectivity index is 4.17. The van der Waals surface area contributed by atoms with Crippen LogP contribution < -0.4 is 5.32 Å². The molecule has 5 heteroatoms. The summed E-state index contributed by atoms with van der Waals surface area (Å²) in [7, 11) is 1.51. The Morgan fingerprint density at radius 1 is 1.44 bits per heavy atom. The van der Waals surface area contributed by atoms with Crippen LogP contribution >= 0.6 is 0 Å². The van der Waals surface area contributed by atoms with Crippen molar-refractivity contribution in [1.29, 1.82) is 0 Å². The molecule has 1 amide bonds. The van der Waals surface area contributed by atoms with Crippen molar-refractivity contribution in [1.82, 2.24) is 5.32 Å². The van der Waals surface area contributed by atoms with E-state index in [1.807, 2.05) is 6.92 Å². The summed E-state index contributed by atoms with van der Waals surface area (Å²) in [6, 6.07) is -0.785. The maximum atomic E-state index is 11.6. The Bertz CT molecular complexity index is 230. The van der Waals surface area contributed by atoms with Crippen LogP contribution in [-0.4, -0.2) is 36.7 Å². The zero-order valence-corrected chi connectivity index (χ0v) is 10.2. The lowest BCUT2D eigenvalue weighted by Gasteiger charge is -2.17. The molecule has 2 unspecified atom stereocenters. The number of aliphatic carboxylic acids is 1. The summed E-state index contributed by atoms with van der Waals surface area (Å²) < 4.78 is 4.84. The maximum absolute atomic E-state index is 11.6. The molecule has 0 aromatic rings. The molecule has 2 N–H and O–H groups in total. The fourth-order valence-electron chi connectivity index (χ4n) is 1.31. The van der Waals surface area contributed by atoms with Crippen molar-refractivity contribution in [3.8, 4) is 0 Å². The number of unbranched alkanes of at least 4 members (excludes halogenated alkanes) is 1. The number of methoxy groups -OCH3 is 1. The largest absolute Gasteiger partial charge is 0.480 e. The van der Waals surface area contributed by atoms with Gasteiger partial charge < -0.3 is 15.2 Å². The minimum atomic E-state index is -0.980. The van der Waals surface area contributed by atoms with Gasteiger partial charge >= 0.3 is 5.97 Å². The van der Waals surface area contributed by atoms with Gasteiger partial charge in [-0.3, -0.25) is 4.79 Å². The van der Waals surface area contributed by atoms with Gasteiger partial charge in [-0.2, -0.15) is 0 Å². The van der Waals surface area contributed by atoms with Crippen molar-refractivity contribution < 1.29 is 19.4 Å². The Labute approximate surface area is 96.2 Å². The second kappa shape index (κ2) is 8.10. The summed E-state index contributed by atoms with van der Waals surface area (Å²) in [4.78, 5) is 22.4. The number of amides is 1. The topological polar surface area (TPSA) is 75.6 Å². The lowest BCUT2D eigenvalue weighted by atomic mass is 10.1. The van der Waals surface area contributed by atoms with E-state index in [0.29, 0.717) is 13.0 Å². The van der Waals surface area contributed by atoms with E-state index in [9.17, 15) is 9.59 Å². The van der Waals surface area contributed by atoms with Crippen LogP contribution in [0.15, 0.2) is 0 Å². The van der Waals surface area contributed by atoms with E-state index in [1.54, 1.807) is 6.92 Å². The average molecular weight is 231 g/mol. The molecule has 5 nitrogen and oxygen atoms in total. The molecule has 0 radical (unpaired) electrons. The van der Waals surface area contributed by atoms with Gasteiger partial charge in [0.05, 0.1) is 12.5 Å². The van der Waals surface area contributed by atoms with E-state index in [-0.39, 0.29) is 11.8 Å². The number of rotatable bonds is 8. The maximum Gasteiger partial charge on any atom is 0.326 e. The number of carboxylic acid groups (broad SMARTS) is 1. The van der Waals surface area contributed by atoms with Crippen molar-refractivity contribution in [2.45, 2.75) is 39.2 Å². The zero-order chi connectivity index (χ0) is 12.6. The van der Waals surface area contributed by atoms with Gasteiger partial charge in [0.1, 0.15) is 6.04 Å². The average Bonchev–Trinajstić information content (AvgIpc) is 2.23. The zero-order valence-electron chi connectivity index (χ0n) is 10.2. The molecule has 0 spiro atoms. The Hall–Kier alpha value is -1.10. The summed E-state index contributed by atoms with van der Waals surface area (Å²) in [5, 5.41) is 11.4. The van der Waals surface area contributed by atoms with Gasteiger partial charge in [0, 0.05) is 7.11 Å². The van der Waals surface area contributed by atoms with Crippen molar-refractivity contribution in [2.75, 3.05) is 13.7 Å². The third-order valence-electron chi connectivity index (χ3n) is 2.33. The molecular formula is C11H21NO4. The van der Waals surface area contributed by atoms with Gasteiger partial charge in [-0.15, -0.1) is 0 Å². The first kappa shape index (κ1) is 14.9. The van der Waals surface area contributed by atoms with Crippen LogP contribution in [0.3, 0.4) is 0 Å². The van der Waals surface area contributed by atoms with E-state index < -0.39 is 12.0 Å². The molecule has 0 heterocycles. The van der Waals surface area contributed by atoms with Crippen LogP contribution in [0.5, 0.6) is 0 Å². The fraction of sp³-hybridized carbons (Fsp3) is 0.818. The van der Waals surface area contributed by atoms with Crippen molar-refractivity contribution in [3.05, 3.63) is 0 Å². The van der Waals surface area contributed by atoms with Gasteiger partial charge in [0.15, 0.2) is 0 Å². The van der Waals surface area contributed by atoms with Crippen molar-refractivity contribution >= 4 is 11.9 Å². The fourth-order valence-corrected chi connectivity index (χ4v) is 1.31. The number of carbonyl (C=O) groups is 2. The predicted molar refractivity (Wildman–Crippen MR) is 60.1 cm³/mol. The molecule has 0 bridgehead atoms. The Kier molecular flexibility index (Phi) is 7.54. The standard InChI is InChI=1S/C11H21NO4/c1-4-5-6-9(11(14)15)12-10(13)8(2)7-16-3/h8-9H,4-7H2,1-3H3,(H,12,13)(H,14,15). The Morgan fingerprint density at radius 2 is 2.06 bits per heavy atom. The summed E-state index contributed by atoms with van der Waals surface area (Å²) in [5.41, 5.74) is 0. The smallest absolute Gasteiger partial charge is 0.326 e. The van der Waals surface area contributed by atoms with Gasteiger partial charge in [0.2, 0.25) is 5.91 Å². The molecule has 0 rings (SSSR count). The quantitative estimate of drug-likeness (QED) is 0.654. The lowest BCUT2D eigenvalue weighted by Crippen LogP contribution is -2.43. The normalized spacial score (nSPS) is 14.2. The molecule has 94 valence electrons. The van der Waals surface area contributed by atoms with Crippen LogP contribution in [0.4, 0.5) is 0 Å². The molecule has 0 saturated heterocycles. The first-order valence-corrected chi connectivity index (χ1v) is 5.55. The van der Waals surface area contributed by atoms with E-state index in [2.05, 4.69) is 5.32 Å². The monoisotopic (exact) mass is 231 g/mol. The highest BCUT2D eigenvalue weighted by Crippen LogP contribution is 2.03. The molecule has 0 fully saturated rings. The number of ether oxygens (including phenoxy) is 1. The minimum absolute atomic E-state index is 0.273. The Morgan fingerprint density at radius 3 is 2.50 bits per heavy atom. The highest BCUT2D eigenvalue weighted by atomic mass is 16.5. The highest BCUT2D eigenvalue weighted by molar-refractivity contribution is 5.84. The van der Waals surface area contributed by atoms with Gasteiger partial charge in [0.25, 0.3) is 0 Å². The second-order valence-corrected chi connectivity index (χ2v) is 3.90. The number of carboxylic acids is 1. The number of hydrogen-bond donors (Lipinski definition) is 2. The highest BCUT2D eigenvalue weighted by Gasteiger charge is 2.22. The van der Waals surface area contributed by atoms with E-state index in [4.69, 9.17) is 9.84 Å². The molecule has 0 aromatic carbocycles. The molecule has 0 aliphatic heterocycles. The third kappa shape index (κ3) is 5.70. The number of hydrogen-bond acceptors (Lipinski definition) is 3. The number of carbonyl (C=O) groups excluding carboxylic acids is 1. The SMILES string of the molecule is CCCCC(NC(=O)C(C)COC)C(=O)O. The van der Waals surface area contributed by atoms with E-state index >= 15 is 0 Å². The summed E-state index contributed by atoms with van der Waals surface area (Å²) >= 11 is 0. The summed E-state index contributed by atoms with van der Waals surface area (Å²) in [6.45, 7) is 3.98. The van der Waals surface area contributed by atoms with Crippen molar-refractivity contribution in [2.24, 2.45) is 5.92 Å².